The molecule has 2 N–H and O–H groups in total. The number of amides is 1. The Balaban J connectivity index is 1.51. The minimum Gasteiger partial charge on any atom is -0.494 e. The van der Waals surface area contributed by atoms with Gasteiger partial charge in [-0.2, -0.15) is 5.10 Å². The monoisotopic (exact) mass is 349 g/mol. The molecule has 5 nitrogen and oxygen atoms in total. The number of ether oxygens (including phenoxy) is 1. The fraction of sp³-hybridized carbons (Fsp3) is 0.238. The quantitative estimate of drug-likeness (QED) is 0.607. The first-order chi connectivity index (χ1) is 12.8. The molecule has 0 bridgehead atoms. The molecule has 1 aromatic heterocycles. The SMILES string of the molecule is CCOc1ccc(-c2cc(C(=O)NCCCc3ccccc3)[nH]n2)cc1. The van der Waals surface area contributed by atoms with Crippen molar-refractivity contribution < 1.29 is 9.53 Å². The Hall–Kier alpha value is -3.08. The second kappa shape index (κ2) is 8.85. The number of hydrogen-bond acceptors (Lipinski definition) is 3. The van der Waals surface area contributed by atoms with E-state index in [1.165, 1.54) is 5.56 Å². The maximum absolute atomic E-state index is 12.2. The topological polar surface area (TPSA) is 67.0 Å². The molecule has 0 saturated carbocycles. The number of H-pyrrole nitrogens is 1. The highest BCUT2D eigenvalue weighted by molar-refractivity contribution is 5.93. The molecule has 1 amide bonds. The lowest BCUT2D eigenvalue weighted by Crippen LogP contribution is -2.25. The molecule has 0 saturated heterocycles. The van der Waals surface area contributed by atoms with Gasteiger partial charge in [-0.3, -0.25) is 9.89 Å². The Bertz CT molecular complexity index is 826. The van der Waals surface area contributed by atoms with Crippen LogP contribution in [0.2, 0.25) is 0 Å². The number of benzene rings is 2. The predicted molar refractivity (Wildman–Crippen MR) is 102 cm³/mol. The van der Waals surface area contributed by atoms with Gasteiger partial charge >= 0.3 is 0 Å². The largest absolute Gasteiger partial charge is 0.494 e. The molecule has 0 aliphatic heterocycles. The number of aryl methyl sites for hydroxylation is 1. The van der Waals surface area contributed by atoms with Crippen LogP contribution in [0, 0.1) is 0 Å². The van der Waals surface area contributed by atoms with Gasteiger partial charge in [0.05, 0.1) is 12.3 Å². The molecule has 26 heavy (non-hydrogen) atoms. The van der Waals surface area contributed by atoms with Crippen LogP contribution in [0.4, 0.5) is 0 Å². The Morgan fingerprint density at radius 2 is 1.88 bits per heavy atom. The molecule has 0 radical (unpaired) electrons. The van der Waals surface area contributed by atoms with Crippen LogP contribution in [-0.2, 0) is 6.42 Å². The normalized spacial score (nSPS) is 10.5. The molecule has 0 fully saturated rings. The van der Waals surface area contributed by atoms with Crippen molar-refractivity contribution in [1.29, 1.82) is 0 Å². The number of nitrogens with one attached hydrogen (secondary N) is 2. The Kier molecular flexibility index (Phi) is 6.04. The fourth-order valence-corrected chi connectivity index (χ4v) is 2.71. The maximum atomic E-state index is 12.2. The zero-order valence-corrected chi connectivity index (χ0v) is 14.9. The lowest BCUT2D eigenvalue weighted by Gasteiger charge is -2.04. The summed E-state index contributed by atoms with van der Waals surface area (Å²) in [7, 11) is 0. The fourth-order valence-electron chi connectivity index (χ4n) is 2.71. The van der Waals surface area contributed by atoms with Crippen molar-refractivity contribution in [3.8, 4) is 17.0 Å². The van der Waals surface area contributed by atoms with Gasteiger partial charge in [0, 0.05) is 12.1 Å². The van der Waals surface area contributed by atoms with E-state index in [1.54, 1.807) is 6.07 Å². The Morgan fingerprint density at radius 1 is 1.12 bits per heavy atom. The molecule has 0 spiro atoms. The first-order valence-electron chi connectivity index (χ1n) is 8.87. The van der Waals surface area contributed by atoms with Crippen LogP contribution in [0.5, 0.6) is 5.75 Å². The van der Waals surface area contributed by atoms with Gasteiger partial charge in [-0.25, -0.2) is 0 Å². The van der Waals surface area contributed by atoms with Gasteiger partial charge < -0.3 is 10.1 Å². The van der Waals surface area contributed by atoms with Crippen LogP contribution in [0.25, 0.3) is 11.3 Å². The number of nitrogens with zero attached hydrogens (tertiary/aromatic N) is 1. The van der Waals surface area contributed by atoms with Gasteiger partial charge in [-0.05, 0) is 55.7 Å². The summed E-state index contributed by atoms with van der Waals surface area (Å²) >= 11 is 0. The van der Waals surface area contributed by atoms with E-state index in [9.17, 15) is 4.79 Å². The van der Waals surface area contributed by atoms with Crippen LogP contribution in [0.15, 0.2) is 60.7 Å². The first kappa shape index (κ1) is 17.7. The lowest BCUT2D eigenvalue weighted by molar-refractivity contribution is 0.0948. The van der Waals surface area contributed by atoms with Crippen molar-refractivity contribution in [2.24, 2.45) is 0 Å². The van der Waals surface area contributed by atoms with Crippen LogP contribution >= 0.6 is 0 Å². The molecular formula is C21H23N3O2. The van der Waals surface area contributed by atoms with Crippen molar-refractivity contribution in [2.45, 2.75) is 19.8 Å². The molecule has 3 rings (SSSR count). The third-order valence-electron chi connectivity index (χ3n) is 4.05. The van der Waals surface area contributed by atoms with Crippen LogP contribution in [-0.4, -0.2) is 29.3 Å². The highest BCUT2D eigenvalue weighted by Gasteiger charge is 2.10. The van der Waals surface area contributed by atoms with Crippen molar-refractivity contribution >= 4 is 5.91 Å². The van der Waals surface area contributed by atoms with E-state index in [2.05, 4.69) is 27.6 Å². The van der Waals surface area contributed by atoms with E-state index in [4.69, 9.17) is 4.74 Å². The lowest BCUT2D eigenvalue weighted by atomic mass is 10.1. The van der Waals surface area contributed by atoms with Gasteiger partial charge in [-0.15, -0.1) is 0 Å². The van der Waals surface area contributed by atoms with Crippen LogP contribution < -0.4 is 10.1 Å². The van der Waals surface area contributed by atoms with E-state index in [0.29, 0.717) is 18.8 Å². The van der Waals surface area contributed by atoms with E-state index < -0.39 is 0 Å². The summed E-state index contributed by atoms with van der Waals surface area (Å²) in [5, 5.41) is 9.97. The molecule has 0 atom stereocenters. The standard InChI is InChI=1S/C21H23N3O2/c1-2-26-18-12-10-17(11-13-18)19-15-20(24-23-19)21(25)22-14-6-9-16-7-4-3-5-8-16/h3-5,7-8,10-13,15H,2,6,9,14H2,1H3,(H,22,25)(H,23,24). The summed E-state index contributed by atoms with van der Waals surface area (Å²) < 4.78 is 5.43. The number of hydrogen-bond donors (Lipinski definition) is 2. The number of carbonyl (C=O) groups is 1. The molecule has 0 unspecified atom stereocenters. The maximum Gasteiger partial charge on any atom is 0.269 e. The summed E-state index contributed by atoms with van der Waals surface area (Å²) in [6.07, 6.45) is 1.84. The van der Waals surface area contributed by atoms with Gasteiger partial charge in [0.25, 0.3) is 5.91 Å². The van der Waals surface area contributed by atoms with Crippen molar-refractivity contribution in [3.05, 3.63) is 71.9 Å². The Labute approximate surface area is 153 Å². The average Bonchev–Trinajstić information content (AvgIpc) is 3.17. The predicted octanol–water partition coefficient (Wildman–Crippen LogP) is 3.84. The summed E-state index contributed by atoms with van der Waals surface area (Å²) in [6, 6.07) is 19.7. The highest BCUT2D eigenvalue weighted by atomic mass is 16.5. The number of aromatic amines is 1. The molecule has 0 aliphatic carbocycles. The van der Waals surface area contributed by atoms with Gasteiger partial charge in [0.2, 0.25) is 0 Å². The minimum absolute atomic E-state index is 0.136. The van der Waals surface area contributed by atoms with Gasteiger partial charge in [0.15, 0.2) is 0 Å². The summed E-state index contributed by atoms with van der Waals surface area (Å²) in [5.41, 5.74) is 3.42. The number of carbonyl (C=O) groups excluding carboxylic acids is 1. The molecule has 1 heterocycles. The van der Waals surface area contributed by atoms with Crippen molar-refractivity contribution in [2.75, 3.05) is 13.2 Å². The van der Waals surface area contributed by atoms with Crippen LogP contribution in [0.3, 0.4) is 0 Å². The molecule has 2 aromatic carbocycles. The second-order valence-electron chi connectivity index (χ2n) is 5.97. The zero-order valence-electron chi connectivity index (χ0n) is 14.9. The third-order valence-corrected chi connectivity index (χ3v) is 4.05. The van der Waals surface area contributed by atoms with Crippen molar-refractivity contribution in [1.82, 2.24) is 15.5 Å². The summed E-state index contributed by atoms with van der Waals surface area (Å²) in [4.78, 5) is 12.2. The average molecular weight is 349 g/mol. The minimum atomic E-state index is -0.136. The summed E-state index contributed by atoms with van der Waals surface area (Å²) in [5.74, 6) is 0.686. The van der Waals surface area contributed by atoms with Crippen molar-refractivity contribution in [3.63, 3.8) is 0 Å². The molecule has 0 aliphatic rings. The molecule has 134 valence electrons. The Morgan fingerprint density at radius 3 is 2.62 bits per heavy atom. The second-order valence-corrected chi connectivity index (χ2v) is 5.97. The number of rotatable bonds is 8. The number of aromatic nitrogens is 2. The highest BCUT2D eigenvalue weighted by Crippen LogP contribution is 2.21. The first-order valence-corrected chi connectivity index (χ1v) is 8.87. The van der Waals surface area contributed by atoms with Crippen LogP contribution in [0.1, 0.15) is 29.4 Å². The van der Waals surface area contributed by atoms with E-state index in [1.807, 2.05) is 49.4 Å². The van der Waals surface area contributed by atoms with Gasteiger partial charge in [0.1, 0.15) is 11.4 Å². The van der Waals surface area contributed by atoms with E-state index in [0.717, 1.165) is 29.8 Å². The van der Waals surface area contributed by atoms with Gasteiger partial charge in [-0.1, -0.05) is 30.3 Å². The summed E-state index contributed by atoms with van der Waals surface area (Å²) in [6.45, 7) is 3.22. The van der Waals surface area contributed by atoms with E-state index >= 15 is 0 Å². The molecule has 5 heteroatoms. The molecular weight excluding hydrogens is 326 g/mol. The third kappa shape index (κ3) is 4.72. The van der Waals surface area contributed by atoms with E-state index in [-0.39, 0.29) is 5.91 Å². The zero-order chi connectivity index (χ0) is 18.2. The smallest absolute Gasteiger partial charge is 0.269 e. The molecule has 3 aromatic rings.